The van der Waals surface area contributed by atoms with E-state index in [1.807, 2.05) is 0 Å². The maximum Gasteiger partial charge on any atom is 0.0692 e. The molecular weight excluding hydrogens is 116 g/mol. The van der Waals surface area contributed by atoms with E-state index in [-0.39, 0.29) is 6.10 Å². The Morgan fingerprint density at radius 1 is 1.33 bits per heavy atom. The van der Waals surface area contributed by atoms with Crippen molar-refractivity contribution in [3.8, 4) is 0 Å². The molecule has 0 rings (SSSR count). The van der Waals surface area contributed by atoms with Crippen LogP contribution in [0.25, 0.3) is 0 Å². The van der Waals surface area contributed by atoms with Crippen LogP contribution in [0.5, 0.6) is 0 Å². The highest BCUT2D eigenvalue weighted by Gasteiger charge is 1.89. The van der Waals surface area contributed by atoms with E-state index in [2.05, 4.69) is 0 Å². The largest absolute Gasteiger partial charge is 0.393 e. The standard InChI is InChI=1S/C7H14O2/c1-6(8)4-3-5-7(2)9/h3-4,6-9H,5H2,1-2H3/b4-3+. The molecular formula is C7H14O2. The Morgan fingerprint density at radius 2 is 1.89 bits per heavy atom. The van der Waals surface area contributed by atoms with Crippen molar-refractivity contribution in [1.29, 1.82) is 0 Å². The van der Waals surface area contributed by atoms with E-state index >= 15 is 0 Å². The molecule has 0 heterocycles. The van der Waals surface area contributed by atoms with Gasteiger partial charge in [0.15, 0.2) is 0 Å². The van der Waals surface area contributed by atoms with Crippen LogP contribution in [0.3, 0.4) is 0 Å². The van der Waals surface area contributed by atoms with E-state index in [0.29, 0.717) is 6.42 Å². The first-order valence-corrected chi connectivity index (χ1v) is 3.15. The zero-order valence-corrected chi connectivity index (χ0v) is 5.91. The Labute approximate surface area is 55.8 Å². The van der Waals surface area contributed by atoms with Crippen LogP contribution < -0.4 is 0 Å². The van der Waals surface area contributed by atoms with Crippen molar-refractivity contribution >= 4 is 0 Å². The predicted molar refractivity (Wildman–Crippen MR) is 37.1 cm³/mol. The van der Waals surface area contributed by atoms with Gasteiger partial charge in [-0.25, -0.2) is 0 Å². The third-order valence-corrected chi connectivity index (χ3v) is 0.892. The van der Waals surface area contributed by atoms with Gasteiger partial charge in [-0.3, -0.25) is 0 Å². The number of aliphatic hydroxyl groups excluding tert-OH is 2. The van der Waals surface area contributed by atoms with Crippen LogP contribution in [0.2, 0.25) is 0 Å². The van der Waals surface area contributed by atoms with E-state index in [1.165, 1.54) is 0 Å². The molecule has 0 aliphatic rings. The zero-order valence-electron chi connectivity index (χ0n) is 5.91. The SMILES string of the molecule is CC(O)/C=C/CC(C)O. The minimum atomic E-state index is -0.399. The van der Waals surface area contributed by atoms with Gasteiger partial charge in [-0.2, -0.15) is 0 Å². The van der Waals surface area contributed by atoms with Gasteiger partial charge >= 0.3 is 0 Å². The molecule has 0 radical (unpaired) electrons. The second kappa shape index (κ2) is 4.53. The first-order valence-electron chi connectivity index (χ1n) is 3.15. The first kappa shape index (κ1) is 8.66. The van der Waals surface area contributed by atoms with Gasteiger partial charge in [-0.05, 0) is 20.3 Å². The molecule has 0 aromatic rings. The summed E-state index contributed by atoms with van der Waals surface area (Å²) in [6, 6.07) is 0. The second-order valence-electron chi connectivity index (χ2n) is 2.25. The molecule has 0 aliphatic carbocycles. The fourth-order valence-corrected chi connectivity index (χ4v) is 0.472. The molecule has 0 saturated carbocycles. The summed E-state index contributed by atoms with van der Waals surface area (Å²) < 4.78 is 0. The number of rotatable bonds is 3. The molecule has 0 aromatic carbocycles. The summed E-state index contributed by atoms with van der Waals surface area (Å²) in [6.45, 7) is 3.39. The Kier molecular flexibility index (Phi) is 4.36. The first-order chi connectivity index (χ1) is 4.13. The molecule has 0 saturated heterocycles. The van der Waals surface area contributed by atoms with Gasteiger partial charge in [0.2, 0.25) is 0 Å². The van der Waals surface area contributed by atoms with Crippen molar-refractivity contribution in [1.82, 2.24) is 0 Å². The Bertz CT molecular complexity index is 84.9. The van der Waals surface area contributed by atoms with Crippen molar-refractivity contribution in [2.45, 2.75) is 32.5 Å². The summed E-state index contributed by atoms with van der Waals surface area (Å²) >= 11 is 0. The van der Waals surface area contributed by atoms with Gasteiger partial charge in [-0.1, -0.05) is 12.2 Å². The van der Waals surface area contributed by atoms with Crippen molar-refractivity contribution in [3.05, 3.63) is 12.2 Å². The molecule has 0 amide bonds. The molecule has 0 aliphatic heterocycles. The van der Waals surface area contributed by atoms with Gasteiger partial charge in [0.25, 0.3) is 0 Å². The Hall–Kier alpha value is -0.340. The Balaban J connectivity index is 3.25. The fourth-order valence-electron chi connectivity index (χ4n) is 0.472. The molecule has 0 bridgehead atoms. The molecule has 2 unspecified atom stereocenters. The highest BCUT2D eigenvalue weighted by molar-refractivity contribution is 4.87. The topological polar surface area (TPSA) is 40.5 Å². The number of aliphatic hydroxyl groups is 2. The highest BCUT2D eigenvalue weighted by atomic mass is 16.3. The lowest BCUT2D eigenvalue weighted by atomic mass is 10.2. The van der Waals surface area contributed by atoms with Crippen LogP contribution in [-0.2, 0) is 0 Å². The minimum Gasteiger partial charge on any atom is -0.393 e. The monoisotopic (exact) mass is 130 g/mol. The van der Waals surface area contributed by atoms with Crippen LogP contribution >= 0.6 is 0 Å². The molecule has 9 heavy (non-hydrogen) atoms. The molecule has 0 spiro atoms. The lowest BCUT2D eigenvalue weighted by Gasteiger charge is -1.97. The van der Waals surface area contributed by atoms with Crippen molar-refractivity contribution < 1.29 is 10.2 Å². The van der Waals surface area contributed by atoms with Crippen LogP contribution in [0.15, 0.2) is 12.2 Å². The third kappa shape index (κ3) is 7.66. The van der Waals surface area contributed by atoms with Crippen LogP contribution in [0, 0.1) is 0 Å². The molecule has 2 nitrogen and oxygen atoms in total. The average molecular weight is 130 g/mol. The van der Waals surface area contributed by atoms with E-state index in [4.69, 9.17) is 10.2 Å². The van der Waals surface area contributed by atoms with Gasteiger partial charge in [0.1, 0.15) is 0 Å². The van der Waals surface area contributed by atoms with Crippen LogP contribution in [0.4, 0.5) is 0 Å². The second-order valence-corrected chi connectivity index (χ2v) is 2.25. The normalized spacial score (nSPS) is 18.2. The van der Waals surface area contributed by atoms with E-state index in [0.717, 1.165) is 0 Å². The third-order valence-electron chi connectivity index (χ3n) is 0.892. The minimum absolute atomic E-state index is 0.306. The van der Waals surface area contributed by atoms with Crippen LogP contribution in [-0.4, -0.2) is 22.4 Å². The van der Waals surface area contributed by atoms with Crippen molar-refractivity contribution in [2.24, 2.45) is 0 Å². The summed E-state index contributed by atoms with van der Waals surface area (Å²) in [4.78, 5) is 0. The average Bonchev–Trinajstić information content (AvgIpc) is 1.63. The zero-order chi connectivity index (χ0) is 7.28. The summed E-state index contributed by atoms with van der Waals surface area (Å²) in [7, 11) is 0. The van der Waals surface area contributed by atoms with Gasteiger partial charge in [0.05, 0.1) is 12.2 Å². The van der Waals surface area contributed by atoms with Crippen molar-refractivity contribution in [3.63, 3.8) is 0 Å². The molecule has 54 valence electrons. The summed E-state index contributed by atoms with van der Waals surface area (Å²) in [5, 5.41) is 17.4. The van der Waals surface area contributed by atoms with Gasteiger partial charge in [-0.15, -0.1) is 0 Å². The smallest absolute Gasteiger partial charge is 0.0692 e. The molecule has 2 atom stereocenters. The van der Waals surface area contributed by atoms with E-state index in [9.17, 15) is 0 Å². The summed E-state index contributed by atoms with van der Waals surface area (Å²) in [5.74, 6) is 0. The lowest BCUT2D eigenvalue weighted by molar-refractivity contribution is 0.197. The molecule has 0 aromatic heterocycles. The predicted octanol–water partition coefficient (Wildman–Crippen LogP) is 0.694. The summed E-state index contributed by atoms with van der Waals surface area (Å²) in [6.07, 6.45) is 3.34. The number of hydrogen-bond acceptors (Lipinski definition) is 2. The maximum atomic E-state index is 8.73. The fraction of sp³-hybridized carbons (Fsp3) is 0.714. The number of hydrogen-bond donors (Lipinski definition) is 2. The summed E-state index contributed by atoms with van der Waals surface area (Å²) in [5.41, 5.74) is 0. The lowest BCUT2D eigenvalue weighted by Crippen LogP contribution is -1.97. The van der Waals surface area contributed by atoms with E-state index < -0.39 is 6.10 Å². The van der Waals surface area contributed by atoms with Crippen molar-refractivity contribution in [2.75, 3.05) is 0 Å². The van der Waals surface area contributed by atoms with Crippen LogP contribution in [0.1, 0.15) is 20.3 Å². The molecule has 2 heteroatoms. The maximum absolute atomic E-state index is 8.73. The molecule has 2 N–H and O–H groups in total. The molecule has 0 fully saturated rings. The van der Waals surface area contributed by atoms with E-state index in [1.54, 1.807) is 26.0 Å². The van der Waals surface area contributed by atoms with Gasteiger partial charge < -0.3 is 10.2 Å². The Morgan fingerprint density at radius 3 is 2.22 bits per heavy atom. The van der Waals surface area contributed by atoms with Gasteiger partial charge in [0, 0.05) is 0 Å². The quantitative estimate of drug-likeness (QED) is 0.552. The highest BCUT2D eigenvalue weighted by Crippen LogP contribution is 1.92.